The molecule has 4 nitrogen and oxygen atoms in total. The van der Waals surface area contributed by atoms with Crippen LogP contribution in [0.3, 0.4) is 0 Å². The number of nitrogens with zero attached hydrogens (tertiary/aromatic N) is 1. The Bertz CT molecular complexity index is 1130. The van der Waals surface area contributed by atoms with Gasteiger partial charge in [0.2, 0.25) is 11.8 Å². The summed E-state index contributed by atoms with van der Waals surface area (Å²) in [6.07, 6.45) is 1.53. The fourth-order valence-electron chi connectivity index (χ4n) is 3.97. The summed E-state index contributed by atoms with van der Waals surface area (Å²) in [5.74, 6) is -0.176. The van der Waals surface area contributed by atoms with E-state index in [1.807, 2.05) is 80.6 Å². The summed E-state index contributed by atoms with van der Waals surface area (Å²) in [6.45, 7) is 8.52. The Morgan fingerprint density at radius 1 is 0.886 bits per heavy atom. The molecular formula is C30H35BrN2O2. The second kappa shape index (κ2) is 12.7. The van der Waals surface area contributed by atoms with Crippen LogP contribution >= 0.6 is 15.9 Å². The van der Waals surface area contributed by atoms with Gasteiger partial charge in [-0.3, -0.25) is 9.59 Å². The highest BCUT2D eigenvalue weighted by Crippen LogP contribution is 2.19. The van der Waals surface area contributed by atoms with Crippen LogP contribution in [0.15, 0.2) is 77.3 Å². The molecule has 0 spiro atoms. The molecule has 35 heavy (non-hydrogen) atoms. The van der Waals surface area contributed by atoms with E-state index < -0.39 is 6.04 Å². The molecule has 1 N–H and O–H groups in total. The molecule has 0 heterocycles. The molecule has 0 aliphatic carbocycles. The highest BCUT2D eigenvalue weighted by molar-refractivity contribution is 9.10. The molecule has 3 aromatic rings. The van der Waals surface area contributed by atoms with Crippen LogP contribution in [0.2, 0.25) is 0 Å². The number of amides is 2. The van der Waals surface area contributed by atoms with Gasteiger partial charge in [0.05, 0.1) is 6.42 Å². The average Bonchev–Trinajstić information content (AvgIpc) is 2.85. The molecule has 0 saturated carbocycles. The maximum atomic E-state index is 13.8. The van der Waals surface area contributed by atoms with Gasteiger partial charge in [-0.2, -0.15) is 0 Å². The third-order valence-electron chi connectivity index (χ3n) is 6.46. The van der Waals surface area contributed by atoms with Gasteiger partial charge < -0.3 is 10.2 Å². The number of rotatable bonds is 10. The maximum Gasteiger partial charge on any atom is 0.243 e. The molecule has 2 atom stereocenters. The minimum atomic E-state index is -0.617. The first-order valence-electron chi connectivity index (χ1n) is 12.2. The number of carbonyl (C=O) groups is 2. The molecule has 3 rings (SSSR count). The summed E-state index contributed by atoms with van der Waals surface area (Å²) in [5.41, 5.74) is 5.32. The monoisotopic (exact) mass is 534 g/mol. The average molecular weight is 536 g/mol. The Labute approximate surface area is 217 Å². The molecule has 2 amide bonds. The molecule has 0 radical (unpaired) electrons. The molecule has 184 valence electrons. The van der Waals surface area contributed by atoms with Gasteiger partial charge in [-0.25, -0.2) is 0 Å². The predicted molar refractivity (Wildman–Crippen MR) is 146 cm³/mol. The van der Waals surface area contributed by atoms with Crippen LogP contribution in [-0.4, -0.2) is 28.8 Å². The third-order valence-corrected chi connectivity index (χ3v) is 6.99. The predicted octanol–water partition coefficient (Wildman–Crippen LogP) is 6.16. The Morgan fingerprint density at radius 2 is 1.54 bits per heavy atom. The van der Waals surface area contributed by atoms with Gasteiger partial charge in [-0.15, -0.1) is 0 Å². The molecule has 0 fully saturated rings. The third kappa shape index (κ3) is 7.79. The van der Waals surface area contributed by atoms with E-state index >= 15 is 0 Å². The first-order chi connectivity index (χ1) is 16.8. The maximum absolute atomic E-state index is 13.8. The normalized spacial score (nSPS) is 12.6. The topological polar surface area (TPSA) is 49.4 Å². The van der Waals surface area contributed by atoms with Gasteiger partial charge in [-0.05, 0) is 67.1 Å². The van der Waals surface area contributed by atoms with E-state index in [1.54, 1.807) is 4.90 Å². The summed E-state index contributed by atoms with van der Waals surface area (Å²) in [6, 6.07) is 23.4. The van der Waals surface area contributed by atoms with Crippen molar-refractivity contribution in [3.8, 4) is 0 Å². The zero-order valence-electron chi connectivity index (χ0n) is 21.1. The fourth-order valence-corrected chi connectivity index (χ4v) is 4.24. The van der Waals surface area contributed by atoms with Crippen molar-refractivity contribution in [1.29, 1.82) is 0 Å². The quantitative estimate of drug-likeness (QED) is 0.338. The number of benzene rings is 3. The molecule has 3 aromatic carbocycles. The molecule has 0 saturated heterocycles. The van der Waals surface area contributed by atoms with Crippen molar-refractivity contribution in [2.75, 3.05) is 0 Å². The van der Waals surface area contributed by atoms with Crippen molar-refractivity contribution < 1.29 is 9.59 Å². The van der Waals surface area contributed by atoms with Gasteiger partial charge >= 0.3 is 0 Å². The molecule has 0 aliphatic rings. The lowest BCUT2D eigenvalue weighted by Gasteiger charge is -2.32. The lowest BCUT2D eigenvalue weighted by molar-refractivity contribution is -0.141. The van der Waals surface area contributed by atoms with Gasteiger partial charge in [0.25, 0.3) is 0 Å². The van der Waals surface area contributed by atoms with Gasteiger partial charge in [-0.1, -0.05) is 83.5 Å². The van der Waals surface area contributed by atoms with Gasteiger partial charge in [0.1, 0.15) is 6.04 Å². The van der Waals surface area contributed by atoms with E-state index in [1.165, 1.54) is 5.56 Å². The van der Waals surface area contributed by atoms with Crippen molar-refractivity contribution in [2.24, 2.45) is 0 Å². The molecule has 5 heteroatoms. The van der Waals surface area contributed by atoms with E-state index in [9.17, 15) is 9.59 Å². The lowest BCUT2D eigenvalue weighted by atomic mass is 10.00. The highest BCUT2D eigenvalue weighted by atomic mass is 79.9. The van der Waals surface area contributed by atoms with Crippen molar-refractivity contribution >= 4 is 27.7 Å². The number of halogens is 1. The zero-order chi connectivity index (χ0) is 25.4. The zero-order valence-corrected chi connectivity index (χ0v) is 22.6. The van der Waals surface area contributed by atoms with E-state index in [0.717, 1.165) is 33.1 Å². The number of hydrogen-bond acceptors (Lipinski definition) is 2. The largest absolute Gasteiger partial charge is 0.352 e. The Morgan fingerprint density at radius 3 is 2.17 bits per heavy atom. The number of carbonyl (C=O) groups excluding carboxylic acids is 2. The minimum absolute atomic E-state index is 0.0326. The Balaban J connectivity index is 1.97. The standard InChI is InChI=1S/C30H35BrN2O2/c1-5-23(4)32-30(35)28(18-24-9-7-6-8-10-24)33(20-25-13-15-27(31)16-14-25)29(34)19-26-12-11-21(2)22(3)17-26/h6-17,23,28H,5,18-20H2,1-4H3,(H,32,35)/t23-,28+/m1/s1. The van der Waals surface area contributed by atoms with Crippen LogP contribution in [0.25, 0.3) is 0 Å². The fraction of sp³-hybridized carbons (Fsp3) is 0.333. The molecular weight excluding hydrogens is 500 g/mol. The van der Waals surface area contributed by atoms with Crippen LogP contribution in [0.1, 0.15) is 48.1 Å². The van der Waals surface area contributed by atoms with Gasteiger partial charge in [0, 0.05) is 23.5 Å². The van der Waals surface area contributed by atoms with Crippen molar-refractivity contribution in [1.82, 2.24) is 10.2 Å². The van der Waals surface area contributed by atoms with Crippen molar-refractivity contribution in [3.63, 3.8) is 0 Å². The van der Waals surface area contributed by atoms with Crippen molar-refractivity contribution in [2.45, 2.75) is 65.6 Å². The molecule has 0 aliphatic heterocycles. The van der Waals surface area contributed by atoms with E-state index in [4.69, 9.17) is 0 Å². The molecule has 0 unspecified atom stereocenters. The molecule has 0 bridgehead atoms. The molecule has 0 aromatic heterocycles. The van der Waals surface area contributed by atoms with Crippen LogP contribution in [-0.2, 0) is 29.0 Å². The smallest absolute Gasteiger partial charge is 0.243 e. The number of nitrogens with one attached hydrogen (secondary N) is 1. The second-order valence-corrected chi connectivity index (χ2v) is 10.2. The van der Waals surface area contributed by atoms with Gasteiger partial charge in [0.15, 0.2) is 0 Å². The minimum Gasteiger partial charge on any atom is -0.352 e. The van der Waals surface area contributed by atoms with E-state index in [2.05, 4.69) is 41.2 Å². The summed E-state index contributed by atoms with van der Waals surface area (Å²) in [7, 11) is 0. The second-order valence-electron chi connectivity index (χ2n) is 9.27. The SMILES string of the molecule is CC[C@@H](C)NC(=O)[C@H](Cc1ccccc1)N(Cc1ccc(Br)cc1)C(=O)Cc1ccc(C)c(C)c1. The van der Waals surface area contributed by atoms with Crippen LogP contribution in [0, 0.1) is 13.8 Å². The van der Waals surface area contributed by atoms with Crippen molar-refractivity contribution in [3.05, 3.63) is 105 Å². The van der Waals surface area contributed by atoms with E-state index in [-0.39, 0.29) is 24.3 Å². The first-order valence-corrected chi connectivity index (χ1v) is 13.0. The van der Waals surface area contributed by atoms with Crippen LogP contribution < -0.4 is 5.32 Å². The number of aryl methyl sites for hydroxylation is 2. The Kier molecular flexibility index (Phi) is 9.67. The summed E-state index contributed by atoms with van der Waals surface area (Å²) >= 11 is 3.48. The summed E-state index contributed by atoms with van der Waals surface area (Å²) in [5, 5.41) is 3.12. The highest BCUT2D eigenvalue weighted by Gasteiger charge is 2.31. The first kappa shape index (κ1) is 26.7. The van der Waals surface area contributed by atoms with Crippen LogP contribution in [0.5, 0.6) is 0 Å². The number of hydrogen-bond donors (Lipinski definition) is 1. The van der Waals surface area contributed by atoms with E-state index in [0.29, 0.717) is 13.0 Å². The summed E-state index contributed by atoms with van der Waals surface area (Å²) < 4.78 is 0.976. The summed E-state index contributed by atoms with van der Waals surface area (Å²) in [4.78, 5) is 29.1. The lowest BCUT2D eigenvalue weighted by Crippen LogP contribution is -2.52. The van der Waals surface area contributed by atoms with Crippen LogP contribution in [0.4, 0.5) is 0 Å². The Hall–Kier alpha value is -2.92.